The molecule has 13 heteroatoms. The predicted octanol–water partition coefficient (Wildman–Crippen LogP) is 2.30. The maximum atomic E-state index is 10.7. The van der Waals surface area contributed by atoms with E-state index < -0.39 is 37.6 Å². The number of aryl methyl sites for hydroxylation is 1. The molecule has 1 heterocycles. The number of methoxy groups -OCH3 is 1. The van der Waals surface area contributed by atoms with E-state index in [2.05, 4.69) is 9.72 Å². The highest BCUT2D eigenvalue weighted by Crippen LogP contribution is 2.38. The van der Waals surface area contributed by atoms with Gasteiger partial charge in [-0.25, -0.2) is 0 Å². The van der Waals surface area contributed by atoms with Gasteiger partial charge in [-0.15, -0.1) is 0 Å². The van der Waals surface area contributed by atoms with Crippen molar-refractivity contribution in [3.05, 3.63) is 72.6 Å². The van der Waals surface area contributed by atoms with Gasteiger partial charge >= 0.3 is 17.3 Å². The van der Waals surface area contributed by atoms with Crippen LogP contribution in [-0.2, 0) is 16.0 Å². The lowest BCUT2D eigenvalue weighted by molar-refractivity contribution is -0.404. The average molecular weight is 394 g/mol. The zero-order valence-electron chi connectivity index (χ0n) is 14.4. The van der Waals surface area contributed by atoms with Gasteiger partial charge in [0.05, 0.1) is 34.0 Å². The lowest BCUT2D eigenvalue weighted by Gasteiger charge is -1.98. The van der Waals surface area contributed by atoms with Crippen molar-refractivity contribution in [3.63, 3.8) is 0 Å². The summed E-state index contributed by atoms with van der Waals surface area (Å²) in [5.41, 5.74) is -1.89. The Morgan fingerprint density at radius 3 is 1.93 bits per heavy atom. The molecule has 2 rings (SSSR count). The summed E-state index contributed by atoms with van der Waals surface area (Å²) in [5, 5.41) is 40.2. The number of hydrogen-bond acceptors (Lipinski definition) is 10. The number of benzene rings is 1. The summed E-state index contributed by atoms with van der Waals surface area (Å²) in [6.07, 6.45) is 4.58. The van der Waals surface area contributed by atoms with E-state index in [9.17, 15) is 35.1 Å². The zero-order chi connectivity index (χ0) is 21.3. The van der Waals surface area contributed by atoms with Crippen molar-refractivity contribution in [3.8, 4) is 5.75 Å². The topological polar surface area (TPSA) is 189 Å². The molecule has 0 saturated carbocycles. The van der Waals surface area contributed by atoms with Gasteiger partial charge in [0, 0.05) is 18.8 Å². The number of hydrogen-bond donors (Lipinski definition) is 1. The Morgan fingerprint density at radius 1 is 1.04 bits per heavy atom. The summed E-state index contributed by atoms with van der Waals surface area (Å²) in [7, 11) is 1.40. The third-order valence-corrected chi connectivity index (χ3v) is 3.25. The van der Waals surface area contributed by atoms with Crippen LogP contribution >= 0.6 is 0 Å². The molecule has 0 fully saturated rings. The van der Waals surface area contributed by atoms with Crippen molar-refractivity contribution >= 4 is 23.0 Å². The number of pyridine rings is 1. The van der Waals surface area contributed by atoms with Crippen LogP contribution in [-0.4, -0.2) is 37.9 Å². The highest BCUT2D eigenvalue weighted by molar-refractivity contribution is 5.69. The summed E-state index contributed by atoms with van der Waals surface area (Å²) < 4.78 is 4.52. The number of phenolic OH excluding ortho intramolecular Hbond substituents is 1. The van der Waals surface area contributed by atoms with Crippen LogP contribution in [0.4, 0.5) is 17.1 Å². The number of rotatable bonds is 6. The molecule has 0 atom stereocenters. The Bertz CT molecular complexity index is 851. The fourth-order valence-corrected chi connectivity index (χ4v) is 1.87. The van der Waals surface area contributed by atoms with Gasteiger partial charge in [0.1, 0.15) is 0 Å². The van der Waals surface area contributed by atoms with Gasteiger partial charge < -0.3 is 9.84 Å². The molecule has 0 radical (unpaired) electrons. The number of carbonyl (C=O) groups excluding carboxylic acids is 1. The number of nitro groups is 3. The molecule has 1 aromatic carbocycles. The number of nitro benzene ring substituents is 3. The first kappa shape index (κ1) is 21.9. The summed E-state index contributed by atoms with van der Waals surface area (Å²) in [4.78, 5) is 42.4. The highest BCUT2D eigenvalue weighted by atomic mass is 16.6. The summed E-state index contributed by atoms with van der Waals surface area (Å²) in [6, 6.07) is 4.68. The van der Waals surface area contributed by atoms with Crippen LogP contribution in [0.25, 0.3) is 0 Å². The first-order valence-corrected chi connectivity index (χ1v) is 7.43. The Hall–Kier alpha value is -4.16. The quantitative estimate of drug-likeness (QED) is 0.432. The minimum absolute atomic E-state index is 0.174. The third kappa shape index (κ3) is 6.29. The summed E-state index contributed by atoms with van der Waals surface area (Å²) in [6.45, 7) is 0. The Balaban J connectivity index is 0.000000292. The lowest BCUT2D eigenvalue weighted by Crippen LogP contribution is -2.01. The monoisotopic (exact) mass is 394 g/mol. The van der Waals surface area contributed by atoms with Crippen LogP contribution in [0, 0.1) is 30.3 Å². The van der Waals surface area contributed by atoms with Gasteiger partial charge in [-0.1, -0.05) is 0 Å². The first-order valence-electron chi connectivity index (χ1n) is 7.43. The largest absolute Gasteiger partial charge is 0.497 e. The van der Waals surface area contributed by atoms with E-state index in [1.165, 1.54) is 7.11 Å². The van der Waals surface area contributed by atoms with Crippen LogP contribution in [0.15, 0.2) is 36.7 Å². The summed E-state index contributed by atoms with van der Waals surface area (Å²) >= 11 is 0. The molecule has 0 unspecified atom stereocenters. The van der Waals surface area contributed by atoms with E-state index in [1.807, 2.05) is 12.1 Å². The van der Waals surface area contributed by atoms with Crippen LogP contribution in [0.3, 0.4) is 0 Å². The maximum absolute atomic E-state index is 10.7. The normalized spacial score (nSPS) is 9.61. The minimum Gasteiger partial charge on any atom is -0.497 e. The standard InChI is InChI=1S/C9H11NO2.C6H3N3O7/c1-12-9(11)3-2-8-4-6-10-7-5-8;10-6-4(8(13)14)1-3(7(11)12)2-5(6)9(15)16/h4-7H,2-3H2,1H3;1-2,10H. The predicted molar refractivity (Wildman–Crippen MR) is 92.6 cm³/mol. The number of aromatic hydroxyl groups is 1. The average Bonchev–Trinajstić information content (AvgIpc) is 2.66. The van der Waals surface area contributed by atoms with Gasteiger partial charge in [-0.05, 0) is 24.1 Å². The molecule has 148 valence electrons. The van der Waals surface area contributed by atoms with E-state index >= 15 is 0 Å². The van der Waals surface area contributed by atoms with Gasteiger partial charge in [0.25, 0.3) is 11.4 Å². The van der Waals surface area contributed by atoms with Crippen LogP contribution in [0.5, 0.6) is 5.75 Å². The SMILES string of the molecule is COC(=O)CCc1ccncc1.O=[N+]([O-])c1cc([N+](=O)[O-])c(O)c([N+](=O)[O-])c1. The van der Waals surface area contributed by atoms with Crippen molar-refractivity contribution in [1.29, 1.82) is 0 Å². The Kier molecular flexibility index (Phi) is 7.89. The second-order valence-corrected chi connectivity index (χ2v) is 5.04. The number of carbonyl (C=O) groups is 1. The number of aromatic nitrogens is 1. The molecule has 0 spiro atoms. The maximum Gasteiger partial charge on any atom is 0.324 e. The van der Waals surface area contributed by atoms with E-state index in [0.717, 1.165) is 12.0 Å². The lowest BCUT2D eigenvalue weighted by atomic mass is 10.1. The fraction of sp³-hybridized carbons (Fsp3) is 0.200. The van der Waals surface area contributed by atoms with Crippen molar-refractivity contribution in [2.24, 2.45) is 0 Å². The highest BCUT2D eigenvalue weighted by Gasteiger charge is 2.30. The number of ether oxygens (including phenoxy) is 1. The molecule has 1 aromatic heterocycles. The molecule has 0 aliphatic heterocycles. The van der Waals surface area contributed by atoms with Crippen molar-refractivity contribution in [2.45, 2.75) is 12.8 Å². The first-order chi connectivity index (χ1) is 13.2. The molecule has 1 N–H and O–H groups in total. The van der Waals surface area contributed by atoms with Gasteiger partial charge in [-0.2, -0.15) is 0 Å². The summed E-state index contributed by atoms with van der Waals surface area (Å²) in [5.74, 6) is -1.38. The second kappa shape index (κ2) is 10.1. The molecule has 0 aliphatic carbocycles. The van der Waals surface area contributed by atoms with Gasteiger partial charge in [0.15, 0.2) is 0 Å². The van der Waals surface area contributed by atoms with E-state index in [-0.39, 0.29) is 5.97 Å². The smallest absolute Gasteiger partial charge is 0.324 e. The Labute approximate surface area is 156 Å². The second-order valence-electron chi connectivity index (χ2n) is 5.04. The number of nitrogens with zero attached hydrogens (tertiary/aromatic N) is 4. The number of phenols is 1. The van der Waals surface area contributed by atoms with Crippen molar-refractivity contribution in [1.82, 2.24) is 4.98 Å². The van der Waals surface area contributed by atoms with Crippen LogP contribution in [0.2, 0.25) is 0 Å². The molecule has 0 aliphatic rings. The van der Waals surface area contributed by atoms with Crippen molar-refractivity contribution < 1.29 is 29.4 Å². The van der Waals surface area contributed by atoms with Crippen LogP contribution < -0.4 is 0 Å². The molecule has 0 saturated heterocycles. The third-order valence-electron chi connectivity index (χ3n) is 3.25. The van der Waals surface area contributed by atoms with Gasteiger partial charge in [0.2, 0.25) is 0 Å². The molecular weight excluding hydrogens is 380 g/mol. The molecule has 13 nitrogen and oxygen atoms in total. The van der Waals surface area contributed by atoms with Crippen molar-refractivity contribution in [2.75, 3.05) is 7.11 Å². The van der Waals surface area contributed by atoms with Crippen LogP contribution in [0.1, 0.15) is 12.0 Å². The molecule has 28 heavy (non-hydrogen) atoms. The Morgan fingerprint density at radius 2 is 1.54 bits per heavy atom. The molecule has 2 aromatic rings. The molecule has 0 bridgehead atoms. The van der Waals surface area contributed by atoms with E-state index in [1.54, 1.807) is 12.4 Å². The zero-order valence-corrected chi connectivity index (χ0v) is 14.4. The van der Waals surface area contributed by atoms with E-state index in [0.29, 0.717) is 18.6 Å². The fourth-order valence-electron chi connectivity index (χ4n) is 1.87. The molecular formula is C15H14N4O9. The number of esters is 1. The van der Waals surface area contributed by atoms with Gasteiger partial charge in [-0.3, -0.25) is 40.1 Å². The van der Waals surface area contributed by atoms with E-state index in [4.69, 9.17) is 5.11 Å². The molecule has 0 amide bonds. The minimum atomic E-state index is -1.21. The number of non-ortho nitro benzene ring substituents is 1.